The number of carbonyl (C=O) groups is 2. The van der Waals surface area contributed by atoms with Crippen molar-refractivity contribution in [2.24, 2.45) is 0 Å². The quantitative estimate of drug-likeness (QED) is 0.262. The zero-order valence-corrected chi connectivity index (χ0v) is 27.5. The van der Waals surface area contributed by atoms with E-state index >= 15 is 0 Å². The molecule has 10 nitrogen and oxygen atoms in total. The van der Waals surface area contributed by atoms with Crippen LogP contribution in [0.15, 0.2) is 58.8 Å². The van der Waals surface area contributed by atoms with Crippen molar-refractivity contribution in [1.82, 2.24) is 14.1 Å². The molecule has 0 saturated carbocycles. The number of aryl methyl sites for hydroxylation is 1. The molecule has 1 fully saturated rings. The van der Waals surface area contributed by atoms with Gasteiger partial charge in [0.2, 0.25) is 21.8 Å². The standard InChI is InChI=1S/C32H42N4O6S2/c1-24-14-20-43-31(24)22-35(17-13-26-7-12-29(41-3)30(21-26)42-4)32(38)23-36(19-18-34-15-5-6-16-34)44(39,40)28-10-8-27(9-11-28)33-25(2)37/h7-12,14,20-21H,5-6,13,15-19,22-23H2,1-4H3,(H,33,37). The lowest BCUT2D eigenvalue weighted by Crippen LogP contribution is -2.45. The van der Waals surface area contributed by atoms with Crippen molar-refractivity contribution in [2.45, 2.75) is 44.6 Å². The molecular formula is C32H42N4O6S2. The minimum Gasteiger partial charge on any atom is -0.493 e. The van der Waals surface area contributed by atoms with Crippen LogP contribution in [0.3, 0.4) is 0 Å². The maximum Gasteiger partial charge on any atom is 0.243 e. The first-order chi connectivity index (χ1) is 21.1. The van der Waals surface area contributed by atoms with Crippen molar-refractivity contribution in [2.75, 3.05) is 58.8 Å². The molecule has 2 heterocycles. The van der Waals surface area contributed by atoms with Gasteiger partial charge < -0.3 is 24.6 Å². The molecule has 2 aromatic carbocycles. The van der Waals surface area contributed by atoms with Crippen LogP contribution in [-0.4, -0.2) is 87.8 Å². The second kappa shape index (κ2) is 15.5. The Morgan fingerprint density at radius 3 is 2.30 bits per heavy atom. The highest BCUT2D eigenvalue weighted by Gasteiger charge is 2.30. The Labute approximate surface area is 264 Å². The topological polar surface area (TPSA) is 108 Å². The van der Waals surface area contributed by atoms with E-state index in [1.165, 1.54) is 23.4 Å². The first kappa shape index (κ1) is 33.4. The highest BCUT2D eigenvalue weighted by Crippen LogP contribution is 2.28. The second-order valence-corrected chi connectivity index (χ2v) is 13.8. The summed E-state index contributed by atoms with van der Waals surface area (Å²) in [6, 6.07) is 13.8. The third-order valence-electron chi connectivity index (χ3n) is 7.76. The number of methoxy groups -OCH3 is 2. The third kappa shape index (κ3) is 8.81. The van der Waals surface area contributed by atoms with Gasteiger partial charge in [0, 0.05) is 37.1 Å². The number of carbonyl (C=O) groups excluding carboxylic acids is 2. The summed E-state index contributed by atoms with van der Waals surface area (Å²) < 4.78 is 40.0. The van der Waals surface area contributed by atoms with Crippen LogP contribution >= 0.6 is 11.3 Å². The van der Waals surface area contributed by atoms with Crippen molar-refractivity contribution < 1.29 is 27.5 Å². The number of hydrogen-bond acceptors (Lipinski definition) is 8. The molecular weight excluding hydrogens is 601 g/mol. The Balaban J connectivity index is 1.57. The molecule has 0 unspecified atom stereocenters. The fourth-order valence-electron chi connectivity index (χ4n) is 5.19. The lowest BCUT2D eigenvalue weighted by Gasteiger charge is -2.28. The molecule has 0 radical (unpaired) electrons. The summed E-state index contributed by atoms with van der Waals surface area (Å²) in [5.74, 6) is 0.730. The van der Waals surface area contributed by atoms with Crippen LogP contribution in [0, 0.1) is 6.92 Å². The molecule has 1 saturated heterocycles. The molecule has 3 aromatic rings. The molecule has 1 N–H and O–H groups in total. The largest absolute Gasteiger partial charge is 0.493 e. The van der Waals surface area contributed by atoms with Gasteiger partial charge in [-0.1, -0.05) is 6.07 Å². The van der Waals surface area contributed by atoms with Gasteiger partial charge >= 0.3 is 0 Å². The van der Waals surface area contributed by atoms with E-state index < -0.39 is 10.0 Å². The van der Waals surface area contributed by atoms with Gasteiger partial charge in [0.25, 0.3) is 0 Å². The Morgan fingerprint density at radius 1 is 0.977 bits per heavy atom. The van der Waals surface area contributed by atoms with Crippen LogP contribution in [0.4, 0.5) is 5.69 Å². The molecule has 1 aliphatic rings. The van der Waals surface area contributed by atoms with Crippen molar-refractivity contribution in [3.05, 3.63) is 69.9 Å². The van der Waals surface area contributed by atoms with Gasteiger partial charge in [-0.05, 0) is 98.2 Å². The minimum absolute atomic E-state index is 0.0757. The van der Waals surface area contributed by atoms with Crippen LogP contribution in [-0.2, 0) is 32.6 Å². The van der Waals surface area contributed by atoms with Gasteiger partial charge in [0.15, 0.2) is 11.5 Å². The number of sulfonamides is 1. The van der Waals surface area contributed by atoms with Crippen LogP contribution in [0.25, 0.3) is 0 Å². The third-order valence-corrected chi connectivity index (χ3v) is 10.6. The number of thiophene rings is 1. The van der Waals surface area contributed by atoms with Gasteiger partial charge in [0.05, 0.1) is 32.2 Å². The number of hydrogen-bond donors (Lipinski definition) is 1. The van der Waals surface area contributed by atoms with Gasteiger partial charge in [-0.15, -0.1) is 11.3 Å². The van der Waals surface area contributed by atoms with E-state index in [0.717, 1.165) is 41.9 Å². The molecule has 0 atom stereocenters. The first-order valence-electron chi connectivity index (χ1n) is 14.7. The van der Waals surface area contributed by atoms with Crippen LogP contribution in [0.2, 0.25) is 0 Å². The van der Waals surface area contributed by atoms with Crippen molar-refractivity contribution in [3.8, 4) is 11.5 Å². The maximum atomic E-state index is 14.0. The molecule has 0 spiro atoms. The first-order valence-corrected chi connectivity index (χ1v) is 17.0. The van der Waals surface area contributed by atoms with Crippen molar-refractivity contribution in [1.29, 1.82) is 0 Å². The molecule has 1 aliphatic heterocycles. The highest BCUT2D eigenvalue weighted by atomic mass is 32.2. The molecule has 12 heteroatoms. The average Bonchev–Trinajstić information content (AvgIpc) is 3.68. The number of likely N-dealkylation sites (tertiary alicyclic amines) is 1. The smallest absolute Gasteiger partial charge is 0.243 e. The predicted molar refractivity (Wildman–Crippen MR) is 173 cm³/mol. The van der Waals surface area contributed by atoms with Crippen LogP contribution in [0.5, 0.6) is 11.5 Å². The van der Waals surface area contributed by atoms with E-state index in [9.17, 15) is 18.0 Å². The van der Waals surface area contributed by atoms with Gasteiger partial charge in [-0.3, -0.25) is 9.59 Å². The monoisotopic (exact) mass is 642 g/mol. The van der Waals surface area contributed by atoms with Gasteiger partial charge in [-0.25, -0.2) is 8.42 Å². The fourth-order valence-corrected chi connectivity index (χ4v) is 7.49. The van der Waals surface area contributed by atoms with E-state index in [-0.39, 0.29) is 29.8 Å². The van der Waals surface area contributed by atoms with Crippen LogP contribution in [0.1, 0.15) is 35.8 Å². The summed E-state index contributed by atoms with van der Waals surface area (Å²) in [6.45, 7) is 6.50. The molecule has 238 valence electrons. The van der Waals surface area contributed by atoms with E-state index in [1.807, 2.05) is 36.6 Å². The number of nitrogens with one attached hydrogen (secondary N) is 1. The minimum atomic E-state index is -4.00. The van der Waals surface area contributed by atoms with E-state index in [2.05, 4.69) is 10.2 Å². The Bertz CT molecular complexity index is 1520. The molecule has 0 bridgehead atoms. The molecule has 1 aromatic heterocycles. The summed E-state index contributed by atoms with van der Waals surface area (Å²) in [5, 5.41) is 4.66. The molecule has 2 amide bonds. The van der Waals surface area contributed by atoms with Crippen molar-refractivity contribution >= 4 is 38.9 Å². The summed E-state index contributed by atoms with van der Waals surface area (Å²) in [7, 11) is -0.832. The van der Waals surface area contributed by atoms with E-state index in [4.69, 9.17) is 9.47 Å². The maximum absolute atomic E-state index is 14.0. The fraction of sp³-hybridized carbons (Fsp3) is 0.438. The summed E-state index contributed by atoms with van der Waals surface area (Å²) in [4.78, 5) is 30.6. The number of amides is 2. The zero-order chi connectivity index (χ0) is 31.7. The Morgan fingerprint density at radius 2 is 1.68 bits per heavy atom. The Hall–Kier alpha value is -3.45. The highest BCUT2D eigenvalue weighted by molar-refractivity contribution is 7.89. The SMILES string of the molecule is COc1ccc(CCN(Cc2sccc2C)C(=O)CN(CCN2CCCC2)S(=O)(=O)c2ccc(NC(C)=O)cc2)cc1OC. The Kier molecular flexibility index (Phi) is 11.8. The average molecular weight is 643 g/mol. The summed E-state index contributed by atoms with van der Waals surface area (Å²) in [6.07, 6.45) is 2.72. The lowest BCUT2D eigenvalue weighted by molar-refractivity contribution is -0.132. The predicted octanol–water partition coefficient (Wildman–Crippen LogP) is 4.39. The van der Waals surface area contributed by atoms with Gasteiger partial charge in [-0.2, -0.15) is 4.31 Å². The zero-order valence-electron chi connectivity index (χ0n) is 25.9. The number of benzene rings is 2. The van der Waals surface area contributed by atoms with Crippen LogP contribution < -0.4 is 14.8 Å². The van der Waals surface area contributed by atoms with E-state index in [0.29, 0.717) is 43.2 Å². The second-order valence-electron chi connectivity index (χ2n) is 10.9. The number of ether oxygens (including phenoxy) is 2. The summed E-state index contributed by atoms with van der Waals surface area (Å²) in [5.41, 5.74) is 2.57. The van der Waals surface area contributed by atoms with E-state index in [1.54, 1.807) is 42.6 Å². The molecule has 0 aliphatic carbocycles. The normalized spacial score (nSPS) is 13.7. The molecule has 44 heavy (non-hydrogen) atoms. The molecule has 4 rings (SSSR count). The lowest BCUT2D eigenvalue weighted by atomic mass is 10.1. The summed E-state index contributed by atoms with van der Waals surface area (Å²) >= 11 is 1.58. The van der Waals surface area contributed by atoms with Crippen molar-refractivity contribution in [3.63, 3.8) is 0 Å². The number of anilines is 1. The number of nitrogens with zero attached hydrogens (tertiary/aromatic N) is 3. The number of rotatable bonds is 15. The van der Waals surface area contributed by atoms with Gasteiger partial charge in [0.1, 0.15) is 0 Å².